The molecule has 5 heteroatoms. The molecule has 2 aliphatic rings. The van der Waals surface area contributed by atoms with Crippen LogP contribution in [-0.2, 0) is 0 Å². The normalized spacial score (nSPS) is 22.4. The molecule has 0 radical (unpaired) electrons. The van der Waals surface area contributed by atoms with Gasteiger partial charge in [-0.15, -0.1) is 0 Å². The summed E-state index contributed by atoms with van der Waals surface area (Å²) in [6.07, 6.45) is 4.04. The van der Waals surface area contributed by atoms with Crippen molar-refractivity contribution in [2.45, 2.75) is 64.0 Å². The van der Waals surface area contributed by atoms with Gasteiger partial charge < -0.3 is 9.84 Å². The van der Waals surface area contributed by atoms with Crippen molar-refractivity contribution >= 4 is 5.97 Å². The molecule has 4 nitrogen and oxygen atoms in total. The van der Waals surface area contributed by atoms with E-state index in [9.17, 15) is 9.18 Å². The van der Waals surface area contributed by atoms with Crippen LogP contribution in [0, 0.1) is 5.82 Å². The van der Waals surface area contributed by atoms with E-state index in [2.05, 4.69) is 25.7 Å². The molecular formula is C19H26FNO3. The number of benzene rings is 1. The van der Waals surface area contributed by atoms with Crippen molar-refractivity contribution in [3.63, 3.8) is 0 Å². The van der Waals surface area contributed by atoms with Gasteiger partial charge in [-0.1, -0.05) is 0 Å². The van der Waals surface area contributed by atoms with Gasteiger partial charge in [0.05, 0.1) is 5.56 Å². The molecule has 1 aromatic rings. The van der Waals surface area contributed by atoms with Crippen LogP contribution < -0.4 is 4.74 Å². The van der Waals surface area contributed by atoms with E-state index < -0.39 is 11.8 Å². The number of carboxylic acid groups (broad SMARTS) is 1. The molecular weight excluding hydrogens is 309 g/mol. The minimum Gasteiger partial charge on any atom is -0.489 e. The van der Waals surface area contributed by atoms with E-state index in [1.54, 1.807) is 0 Å². The Balaban J connectivity index is 1.81. The van der Waals surface area contributed by atoms with Crippen LogP contribution in [-0.4, -0.2) is 40.7 Å². The zero-order valence-electron chi connectivity index (χ0n) is 14.6. The van der Waals surface area contributed by atoms with Gasteiger partial charge in [-0.05, 0) is 70.5 Å². The van der Waals surface area contributed by atoms with Gasteiger partial charge >= 0.3 is 5.97 Å². The largest absolute Gasteiger partial charge is 0.489 e. The molecule has 1 aliphatic carbocycles. The topological polar surface area (TPSA) is 49.8 Å². The van der Waals surface area contributed by atoms with Crippen molar-refractivity contribution in [1.29, 1.82) is 0 Å². The molecule has 0 amide bonds. The number of piperidine rings is 1. The van der Waals surface area contributed by atoms with Crippen molar-refractivity contribution in [1.82, 2.24) is 4.90 Å². The highest BCUT2D eigenvalue weighted by molar-refractivity contribution is 5.88. The lowest BCUT2D eigenvalue weighted by Gasteiger charge is -2.41. The minimum atomic E-state index is -1.22. The van der Waals surface area contributed by atoms with Crippen LogP contribution in [0.25, 0.3) is 0 Å². The van der Waals surface area contributed by atoms with Gasteiger partial charge in [0.2, 0.25) is 0 Å². The van der Waals surface area contributed by atoms with Crippen molar-refractivity contribution < 1.29 is 19.0 Å². The summed E-state index contributed by atoms with van der Waals surface area (Å²) in [5.41, 5.74) is 0.672. The number of aromatic carboxylic acids is 1. The number of rotatable bonds is 4. The van der Waals surface area contributed by atoms with Crippen LogP contribution in [0.15, 0.2) is 12.1 Å². The number of nitrogens with zero attached hydrogens (tertiary/aromatic N) is 1. The van der Waals surface area contributed by atoms with Gasteiger partial charge in [0.15, 0.2) is 0 Å². The molecule has 0 spiro atoms. The highest BCUT2D eigenvalue weighted by Gasteiger charge is 2.32. The van der Waals surface area contributed by atoms with E-state index in [1.807, 2.05) is 0 Å². The summed E-state index contributed by atoms with van der Waals surface area (Å²) in [5.74, 6) is -1.11. The molecule has 1 atom stereocenters. The molecule has 0 aromatic heterocycles. The van der Waals surface area contributed by atoms with Crippen molar-refractivity contribution in [2.75, 3.05) is 13.1 Å². The molecule has 132 valence electrons. The van der Waals surface area contributed by atoms with Gasteiger partial charge in [0, 0.05) is 18.2 Å². The number of halogens is 1. The van der Waals surface area contributed by atoms with Gasteiger partial charge in [-0.3, -0.25) is 4.90 Å². The third kappa shape index (κ3) is 3.72. The van der Waals surface area contributed by atoms with Crippen LogP contribution in [0.3, 0.4) is 0 Å². The van der Waals surface area contributed by atoms with Crippen LogP contribution in [0.1, 0.15) is 68.3 Å². The van der Waals surface area contributed by atoms with Gasteiger partial charge in [-0.2, -0.15) is 0 Å². The number of carboxylic acids is 1. The molecule has 1 N–H and O–H groups in total. The summed E-state index contributed by atoms with van der Waals surface area (Å²) >= 11 is 0. The Morgan fingerprint density at radius 2 is 2.00 bits per heavy atom. The summed E-state index contributed by atoms with van der Waals surface area (Å²) in [6.45, 7) is 8.42. The first-order valence-electron chi connectivity index (χ1n) is 8.74. The Morgan fingerprint density at radius 3 is 2.58 bits per heavy atom. The molecule has 1 aromatic carbocycles. The second-order valence-corrected chi connectivity index (χ2v) is 7.95. The van der Waals surface area contributed by atoms with E-state index in [-0.39, 0.29) is 17.2 Å². The van der Waals surface area contributed by atoms with Crippen LogP contribution in [0.5, 0.6) is 5.75 Å². The van der Waals surface area contributed by atoms with E-state index in [1.165, 1.54) is 12.1 Å². The summed E-state index contributed by atoms with van der Waals surface area (Å²) in [6, 6.07) is 2.74. The first-order valence-corrected chi connectivity index (χ1v) is 8.74. The third-order valence-corrected chi connectivity index (χ3v) is 4.97. The van der Waals surface area contributed by atoms with Gasteiger partial charge in [0.25, 0.3) is 0 Å². The lowest BCUT2D eigenvalue weighted by atomic mass is 9.99. The second kappa shape index (κ2) is 6.36. The fourth-order valence-corrected chi connectivity index (χ4v) is 3.37. The monoisotopic (exact) mass is 335 g/mol. The van der Waals surface area contributed by atoms with E-state index in [4.69, 9.17) is 9.84 Å². The van der Waals surface area contributed by atoms with Gasteiger partial charge in [0.1, 0.15) is 17.7 Å². The van der Waals surface area contributed by atoms with E-state index >= 15 is 0 Å². The van der Waals surface area contributed by atoms with Gasteiger partial charge in [-0.25, -0.2) is 9.18 Å². The summed E-state index contributed by atoms with van der Waals surface area (Å²) in [5, 5.41) is 9.14. The van der Waals surface area contributed by atoms with Crippen molar-refractivity contribution in [3.8, 4) is 5.75 Å². The molecule has 3 rings (SSSR count). The van der Waals surface area contributed by atoms with Crippen molar-refractivity contribution in [2.24, 2.45) is 0 Å². The summed E-state index contributed by atoms with van der Waals surface area (Å²) in [7, 11) is 0. The maximum atomic E-state index is 14.1. The standard InChI is InChI=1S/C19H26FNO3/c1-19(2,3)21-8-4-5-13(11-21)24-17-10-16(20)15(18(22)23)9-14(17)12-6-7-12/h9-10,12-13H,4-8,11H2,1-3H3,(H,22,23)/t13-/m1/s1. The fourth-order valence-electron chi connectivity index (χ4n) is 3.37. The zero-order chi connectivity index (χ0) is 17.5. The maximum absolute atomic E-state index is 14.1. The Kier molecular flexibility index (Phi) is 4.56. The number of likely N-dealkylation sites (tertiary alicyclic amines) is 1. The van der Waals surface area contributed by atoms with Crippen molar-refractivity contribution in [3.05, 3.63) is 29.1 Å². The lowest BCUT2D eigenvalue weighted by Crippen LogP contribution is -2.50. The minimum absolute atomic E-state index is 0.0190. The predicted molar refractivity (Wildman–Crippen MR) is 90.3 cm³/mol. The molecule has 1 saturated carbocycles. The Labute approximate surface area is 142 Å². The van der Waals surface area contributed by atoms with E-state index in [0.29, 0.717) is 11.7 Å². The third-order valence-electron chi connectivity index (χ3n) is 4.97. The highest BCUT2D eigenvalue weighted by Crippen LogP contribution is 2.45. The quantitative estimate of drug-likeness (QED) is 0.902. The Hall–Kier alpha value is -1.62. The molecule has 24 heavy (non-hydrogen) atoms. The number of carbonyl (C=O) groups is 1. The first kappa shape index (κ1) is 17.2. The molecule has 1 saturated heterocycles. The Morgan fingerprint density at radius 1 is 1.29 bits per heavy atom. The van der Waals surface area contributed by atoms with Crippen LogP contribution in [0.2, 0.25) is 0 Å². The SMILES string of the molecule is CC(C)(C)N1CCC[C@@H](Oc2cc(F)c(C(=O)O)cc2C2CC2)C1. The maximum Gasteiger partial charge on any atom is 0.338 e. The van der Waals surface area contributed by atoms with Crippen LogP contribution >= 0.6 is 0 Å². The smallest absolute Gasteiger partial charge is 0.338 e. The average molecular weight is 335 g/mol. The predicted octanol–water partition coefficient (Wildman–Crippen LogP) is 4.04. The second-order valence-electron chi connectivity index (χ2n) is 7.95. The molecule has 2 fully saturated rings. The number of hydrogen-bond donors (Lipinski definition) is 1. The highest BCUT2D eigenvalue weighted by atomic mass is 19.1. The average Bonchev–Trinajstić information content (AvgIpc) is 3.31. The zero-order valence-corrected chi connectivity index (χ0v) is 14.6. The summed E-state index contributed by atoms with van der Waals surface area (Å²) < 4.78 is 20.3. The molecule has 0 unspecified atom stereocenters. The number of ether oxygens (including phenoxy) is 1. The first-order chi connectivity index (χ1) is 11.3. The molecule has 1 heterocycles. The summed E-state index contributed by atoms with van der Waals surface area (Å²) in [4.78, 5) is 13.6. The van der Waals surface area contributed by atoms with Crippen LogP contribution in [0.4, 0.5) is 4.39 Å². The molecule has 1 aliphatic heterocycles. The molecule has 0 bridgehead atoms. The Bertz CT molecular complexity index is 634. The number of hydrogen-bond acceptors (Lipinski definition) is 3. The van der Waals surface area contributed by atoms with E-state index in [0.717, 1.165) is 44.3 Å². The lowest BCUT2D eigenvalue weighted by molar-refractivity contribution is 0.0341. The fraction of sp³-hybridized carbons (Fsp3) is 0.632.